The molecule has 0 bridgehead atoms. The Balaban J connectivity index is 1.67. The number of fused-ring (bicyclic) bond motifs is 3. The molecule has 1 heterocycles. The molecule has 3 nitrogen and oxygen atoms in total. The van der Waals surface area contributed by atoms with E-state index in [-0.39, 0.29) is 5.41 Å². The van der Waals surface area contributed by atoms with Crippen LogP contribution in [-0.2, 0) is 5.41 Å². The Hall–Kier alpha value is -3.25. The Bertz CT molecular complexity index is 1260. The summed E-state index contributed by atoms with van der Waals surface area (Å²) in [5, 5.41) is 17.8. The average molecular weight is 420 g/mol. The van der Waals surface area contributed by atoms with Crippen LogP contribution < -0.4 is 0 Å². The lowest BCUT2D eigenvalue weighted by Gasteiger charge is -2.34. The number of azo groups is 1. The SMILES string of the molecule is CCCC1(CCC)C2=C(CCC(c3cccc4c3N=N4)=C2)c2ccc(/C=C(\C)C#N)cc21. The highest BCUT2D eigenvalue weighted by Gasteiger charge is 2.44. The van der Waals surface area contributed by atoms with Crippen molar-refractivity contribution in [1.82, 2.24) is 0 Å². The van der Waals surface area contributed by atoms with Crippen molar-refractivity contribution in [2.45, 2.75) is 64.7 Å². The molecule has 0 amide bonds. The molecule has 0 spiro atoms. The first-order chi connectivity index (χ1) is 15.6. The minimum atomic E-state index is 0.0492. The zero-order valence-electron chi connectivity index (χ0n) is 19.2. The number of hydrogen-bond donors (Lipinski definition) is 0. The van der Waals surface area contributed by atoms with E-state index in [2.05, 4.69) is 66.6 Å². The van der Waals surface area contributed by atoms with E-state index < -0.39 is 0 Å². The lowest BCUT2D eigenvalue weighted by Crippen LogP contribution is -2.26. The van der Waals surface area contributed by atoms with Crippen LogP contribution >= 0.6 is 0 Å². The van der Waals surface area contributed by atoms with Gasteiger partial charge in [-0.15, -0.1) is 10.2 Å². The molecule has 1 aliphatic heterocycles. The normalized spacial score (nSPS) is 17.8. The second-order valence-corrected chi connectivity index (χ2v) is 9.26. The van der Waals surface area contributed by atoms with Gasteiger partial charge in [0, 0.05) is 16.6 Å². The molecule has 2 aromatic carbocycles. The first-order valence-corrected chi connectivity index (χ1v) is 11.8. The van der Waals surface area contributed by atoms with Crippen LogP contribution in [0.15, 0.2) is 63.8 Å². The molecule has 160 valence electrons. The lowest BCUT2D eigenvalue weighted by atomic mass is 9.69. The van der Waals surface area contributed by atoms with Gasteiger partial charge in [0.2, 0.25) is 0 Å². The van der Waals surface area contributed by atoms with Gasteiger partial charge in [-0.25, -0.2) is 0 Å². The van der Waals surface area contributed by atoms with Gasteiger partial charge >= 0.3 is 0 Å². The molecule has 0 aromatic heterocycles. The third kappa shape index (κ3) is 3.09. The summed E-state index contributed by atoms with van der Waals surface area (Å²) in [5.74, 6) is 0. The van der Waals surface area contributed by atoms with Crippen molar-refractivity contribution < 1.29 is 0 Å². The molecule has 2 aromatic rings. The molecule has 3 heteroatoms. The molecular weight excluding hydrogens is 390 g/mol. The minimum absolute atomic E-state index is 0.0492. The monoisotopic (exact) mass is 419 g/mol. The first-order valence-electron chi connectivity index (χ1n) is 11.8. The van der Waals surface area contributed by atoms with Gasteiger partial charge in [-0.1, -0.05) is 63.1 Å². The van der Waals surface area contributed by atoms with Crippen LogP contribution in [0.5, 0.6) is 0 Å². The third-order valence-electron chi connectivity index (χ3n) is 7.22. The summed E-state index contributed by atoms with van der Waals surface area (Å²) in [6.45, 7) is 6.48. The van der Waals surface area contributed by atoms with E-state index in [1.807, 2.05) is 19.1 Å². The molecule has 2 aliphatic carbocycles. The summed E-state index contributed by atoms with van der Waals surface area (Å²) in [6.07, 6.45) is 11.2. The highest BCUT2D eigenvalue weighted by atomic mass is 15.2. The van der Waals surface area contributed by atoms with Crippen molar-refractivity contribution in [3.63, 3.8) is 0 Å². The first kappa shape index (κ1) is 20.6. The van der Waals surface area contributed by atoms with Gasteiger partial charge in [-0.05, 0) is 78.2 Å². The molecule has 0 fully saturated rings. The molecule has 3 aliphatic rings. The number of rotatable bonds is 6. The van der Waals surface area contributed by atoms with Crippen molar-refractivity contribution in [3.8, 4) is 6.07 Å². The molecule has 5 rings (SSSR count). The molecule has 0 radical (unpaired) electrons. The predicted molar refractivity (Wildman–Crippen MR) is 132 cm³/mol. The maximum Gasteiger partial charge on any atom is 0.121 e. The maximum absolute atomic E-state index is 9.26. The van der Waals surface area contributed by atoms with E-state index in [0.29, 0.717) is 0 Å². The van der Waals surface area contributed by atoms with Gasteiger partial charge in [0.1, 0.15) is 11.4 Å². The smallest absolute Gasteiger partial charge is 0.121 e. The van der Waals surface area contributed by atoms with Gasteiger partial charge in [0.25, 0.3) is 0 Å². The van der Waals surface area contributed by atoms with Crippen LogP contribution in [0, 0.1) is 11.3 Å². The van der Waals surface area contributed by atoms with E-state index in [0.717, 1.165) is 61.0 Å². The molecule has 0 unspecified atom stereocenters. The zero-order chi connectivity index (χ0) is 22.3. The fraction of sp³-hybridized carbons (Fsp3) is 0.345. The van der Waals surface area contributed by atoms with Gasteiger partial charge in [0.15, 0.2) is 0 Å². The summed E-state index contributed by atoms with van der Waals surface area (Å²) in [7, 11) is 0. The average Bonchev–Trinajstić information content (AvgIpc) is 3.03. The second kappa shape index (κ2) is 8.02. The van der Waals surface area contributed by atoms with Crippen LogP contribution in [0.1, 0.15) is 81.5 Å². The molecule has 0 N–H and O–H groups in total. The molecular formula is C29H29N3. The van der Waals surface area contributed by atoms with Crippen LogP contribution in [-0.4, -0.2) is 0 Å². The van der Waals surface area contributed by atoms with Gasteiger partial charge in [0.05, 0.1) is 6.07 Å². The van der Waals surface area contributed by atoms with Crippen molar-refractivity contribution in [1.29, 1.82) is 5.26 Å². The topological polar surface area (TPSA) is 48.5 Å². The fourth-order valence-electron chi connectivity index (χ4n) is 5.94. The van der Waals surface area contributed by atoms with Gasteiger partial charge in [-0.3, -0.25) is 0 Å². The number of nitrogens with zero attached hydrogens (tertiary/aromatic N) is 3. The van der Waals surface area contributed by atoms with Crippen molar-refractivity contribution in [2.75, 3.05) is 0 Å². The fourth-order valence-corrected chi connectivity index (χ4v) is 5.94. The maximum atomic E-state index is 9.26. The van der Waals surface area contributed by atoms with Gasteiger partial charge < -0.3 is 0 Å². The van der Waals surface area contributed by atoms with Crippen molar-refractivity contribution in [3.05, 3.63) is 75.9 Å². The number of nitriles is 1. The van der Waals surface area contributed by atoms with Crippen LogP contribution in [0.25, 0.3) is 17.2 Å². The summed E-state index contributed by atoms with van der Waals surface area (Å²) < 4.78 is 0. The summed E-state index contributed by atoms with van der Waals surface area (Å²) in [4.78, 5) is 0. The molecule has 0 atom stereocenters. The van der Waals surface area contributed by atoms with Gasteiger partial charge in [-0.2, -0.15) is 5.26 Å². The highest BCUT2D eigenvalue weighted by Crippen LogP contribution is 2.57. The van der Waals surface area contributed by atoms with Crippen LogP contribution in [0.2, 0.25) is 0 Å². The Morgan fingerprint density at radius 3 is 2.56 bits per heavy atom. The highest BCUT2D eigenvalue weighted by molar-refractivity contribution is 5.92. The predicted octanol–water partition coefficient (Wildman–Crippen LogP) is 8.82. The Labute approximate surface area is 190 Å². The Morgan fingerprint density at radius 2 is 1.88 bits per heavy atom. The molecule has 32 heavy (non-hydrogen) atoms. The van der Waals surface area contributed by atoms with Crippen molar-refractivity contribution >= 4 is 28.6 Å². The second-order valence-electron chi connectivity index (χ2n) is 9.26. The van der Waals surface area contributed by atoms with E-state index in [4.69, 9.17) is 0 Å². The summed E-state index contributed by atoms with van der Waals surface area (Å²) >= 11 is 0. The molecule has 0 saturated heterocycles. The van der Waals surface area contributed by atoms with Crippen LogP contribution in [0.3, 0.4) is 0 Å². The van der Waals surface area contributed by atoms with Crippen LogP contribution in [0.4, 0.5) is 11.4 Å². The number of hydrogen-bond acceptors (Lipinski definition) is 3. The largest absolute Gasteiger partial charge is 0.193 e. The molecule has 0 saturated carbocycles. The zero-order valence-corrected chi connectivity index (χ0v) is 19.2. The quantitative estimate of drug-likeness (QED) is 0.368. The lowest BCUT2D eigenvalue weighted by molar-refractivity contribution is 0.432. The number of benzene rings is 2. The number of allylic oxidation sites excluding steroid dienone is 5. The van der Waals surface area contributed by atoms with E-state index in [1.165, 1.54) is 33.4 Å². The summed E-state index contributed by atoms with van der Waals surface area (Å²) in [5.41, 5.74) is 12.5. The standard InChI is InChI=1S/C29H29N3/c1-4-13-29(14-5-2)25-16-20(15-19(3)18-30)9-11-23(25)24-12-10-21(17-26(24)29)22-7-6-8-27-28(22)32-31-27/h6-9,11,15-17H,4-5,10,12-14H2,1-3H3/b19-15+. The Morgan fingerprint density at radius 1 is 1.06 bits per heavy atom. The summed E-state index contributed by atoms with van der Waals surface area (Å²) in [6, 6.07) is 15.4. The Kier molecular flexibility index (Phi) is 5.18. The van der Waals surface area contributed by atoms with E-state index in [1.54, 1.807) is 0 Å². The minimum Gasteiger partial charge on any atom is -0.193 e. The third-order valence-corrected chi connectivity index (χ3v) is 7.22. The van der Waals surface area contributed by atoms with Crippen molar-refractivity contribution in [2.24, 2.45) is 10.2 Å². The van der Waals surface area contributed by atoms with E-state index in [9.17, 15) is 5.26 Å². The van der Waals surface area contributed by atoms with E-state index >= 15 is 0 Å².